The molecule has 3 aliphatic heterocycles. The number of fused-ring (bicyclic) bond motifs is 7. The third-order valence-corrected chi connectivity index (χ3v) is 14.3. The Balaban J connectivity index is 1.20. The van der Waals surface area contributed by atoms with Crippen LogP contribution in [0.25, 0.3) is 44.5 Å². The number of nitrogens with zero attached hydrogens (tertiary/aromatic N) is 2. The van der Waals surface area contributed by atoms with Crippen molar-refractivity contribution in [2.75, 3.05) is 9.71 Å². The summed E-state index contributed by atoms with van der Waals surface area (Å²) in [6, 6.07) is 66.5. The van der Waals surface area contributed by atoms with E-state index >= 15 is 0 Å². The molecule has 0 aromatic heterocycles. The first-order valence-corrected chi connectivity index (χ1v) is 21.8. The van der Waals surface area contributed by atoms with Gasteiger partial charge in [0.15, 0.2) is 0 Å². The molecule has 4 aliphatic rings. The molecule has 0 N–H and O–H groups in total. The van der Waals surface area contributed by atoms with Crippen molar-refractivity contribution in [3.8, 4) is 44.5 Å². The Kier molecular flexibility index (Phi) is 7.64. The fraction of sp³-hybridized carbons (Fsp3) is 0.158. The molecule has 0 spiro atoms. The Bertz CT molecular complexity index is 3020. The molecule has 0 atom stereocenters. The molecule has 0 saturated carbocycles. The van der Waals surface area contributed by atoms with E-state index in [0.29, 0.717) is 0 Å². The first-order chi connectivity index (χ1) is 29.3. The van der Waals surface area contributed by atoms with Crippen LogP contribution >= 0.6 is 0 Å². The van der Waals surface area contributed by atoms with E-state index < -0.39 is 0 Å². The van der Waals surface area contributed by atoms with E-state index in [1.807, 2.05) is 0 Å². The summed E-state index contributed by atoms with van der Waals surface area (Å²) in [5.41, 5.74) is 24.8. The highest BCUT2D eigenvalue weighted by molar-refractivity contribution is 6.93. The van der Waals surface area contributed by atoms with Crippen molar-refractivity contribution < 1.29 is 0 Å². The van der Waals surface area contributed by atoms with Crippen LogP contribution in [0.4, 0.5) is 28.4 Å². The average Bonchev–Trinajstić information content (AvgIpc) is 3.29. The van der Waals surface area contributed by atoms with Gasteiger partial charge in [-0.2, -0.15) is 0 Å². The van der Waals surface area contributed by atoms with Crippen molar-refractivity contribution in [3.05, 3.63) is 198 Å². The lowest BCUT2D eigenvalue weighted by Crippen LogP contribution is -2.62. The van der Waals surface area contributed by atoms with E-state index in [2.05, 4.69) is 213 Å². The zero-order valence-corrected chi connectivity index (χ0v) is 34.8. The van der Waals surface area contributed by atoms with Crippen molar-refractivity contribution in [3.63, 3.8) is 0 Å². The fourth-order valence-electron chi connectivity index (χ4n) is 11.3. The van der Waals surface area contributed by atoms with Crippen LogP contribution in [-0.2, 0) is 17.3 Å². The molecule has 8 aromatic rings. The first kappa shape index (κ1) is 35.4. The number of aryl methyl sites for hydroxylation is 1. The first-order valence-electron chi connectivity index (χ1n) is 21.8. The second-order valence-electron chi connectivity index (χ2n) is 18.6. The molecule has 3 heteroatoms. The lowest BCUT2D eigenvalue weighted by molar-refractivity contribution is 0.430. The summed E-state index contributed by atoms with van der Waals surface area (Å²) in [5.74, 6) is 0. The number of para-hydroxylation sites is 1. The van der Waals surface area contributed by atoms with Crippen molar-refractivity contribution in [2.45, 2.75) is 57.8 Å². The minimum atomic E-state index is -0.202. The summed E-state index contributed by atoms with van der Waals surface area (Å²) in [6.07, 6.45) is 3.58. The molecule has 60 heavy (non-hydrogen) atoms. The van der Waals surface area contributed by atoms with Crippen molar-refractivity contribution in [2.24, 2.45) is 0 Å². The smallest absolute Gasteiger partial charge is 0.333 e. The molecule has 0 unspecified atom stereocenters. The molecular weight excluding hydrogens is 723 g/mol. The van der Waals surface area contributed by atoms with Gasteiger partial charge in [-0.05, 0) is 139 Å². The van der Waals surface area contributed by atoms with Crippen LogP contribution in [0.1, 0.15) is 62.8 Å². The van der Waals surface area contributed by atoms with Gasteiger partial charge in [-0.15, -0.1) is 0 Å². The Hall–Kier alpha value is -6.58. The molecule has 0 fully saturated rings. The van der Waals surface area contributed by atoms with E-state index in [1.54, 1.807) is 0 Å². The van der Waals surface area contributed by atoms with Crippen molar-refractivity contribution in [1.82, 2.24) is 0 Å². The second kappa shape index (κ2) is 13.0. The van der Waals surface area contributed by atoms with Gasteiger partial charge in [0.2, 0.25) is 0 Å². The molecule has 1 aliphatic carbocycles. The van der Waals surface area contributed by atoms with Crippen molar-refractivity contribution in [1.29, 1.82) is 0 Å². The van der Waals surface area contributed by atoms with Gasteiger partial charge in [0.1, 0.15) is 0 Å². The van der Waals surface area contributed by atoms with Crippen LogP contribution in [0.3, 0.4) is 0 Å². The van der Waals surface area contributed by atoms with E-state index in [9.17, 15) is 0 Å². The highest BCUT2D eigenvalue weighted by Gasteiger charge is 2.50. The minimum Gasteiger partial charge on any atom is -0.376 e. The zero-order valence-electron chi connectivity index (χ0n) is 34.8. The van der Waals surface area contributed by atoms with Gasteiger partial charge < -0.3 is 9.71 Å². The summed E-state index contributed by atoms with van der Waals surface area (Å²) in [4.78, 5) is 5.36. The zero-order chi connectivity index (χ0) is 40.3. The largest absolute Gasteiger partial charge is 0.376 e. The van der Waals surface area contributed by atoms with Crippen LogP contribution in [-0.4, -0.2) is 6.85 Å². The lowest BCUT2D eigenvalue weighted by Gasteiger charge is -2.51. The van der Waals surface area contributed by atoms with E-state index in [0.717, 1.165) is 6.42 Å². The standard InChI is InChI=1S/C57H47BN2/c1-56(2)30-16-24-42-34-52-49(36-48(42)56)57(3,4)47-26-15-27-50-55(47)59(52)53-35-43(39-21-12-7-13-22-39)33-46-45-32-41(38-19-10-6-11-20-38)28-29-51(45)60(58(50)54(46)53)44-25-14-23-40(31-44)37-17-8-5-9-18-37/h5-15,17-23,25-29,31-36H,16,24,30H2,1-4H3. The summed E-state index contributed by atoms with van der Waals surface area (Å²) in [5, 5.41) is 0. The van der Waals surface area contributed by atoms with Gasteiger partial charge in [-0.25, -0.2) is 0 Å². The van der Waals surface area contributed by atoms with Crippen molar-refractivity contribution >= 4 is 46.2 Å². The molecular formula is C57H47BN2. The summed E-state index contributed by atoms with van der Waals surface area (Å²) >= 11 is 0. The number of benzene rings is 8. The SMILES string of the molecule is CC1(C)CCCc2cc3c(cc21)C(C)(C)c1cccc2c1N3c1cc(-c3ccccc3)cc3c1B2N(c1cccc(-c2ccccc2)c1)c1ccc(-c2ccccc2)cc1-3. The van der Waals surface area contributed by atoms with Crippen LogP contribution in [0.5, 0.6) is 0 Å². The van der Waals surface area contributed by atoms with Crippen LogP contribution in [0.15, 0.2) is 176 Å². The molecule has 0 saturated heterocycles. The monoisotopic (exact) mass is 770 g/mol. The van der Waals surface area contributed by atoms with Gasteiger partial charge in [0.05, 0.1) is 5.69 Å². The molecule has 0 amide bonds. The summed E-state index contributed by atoms with van der Waals surface area (Å²) < 4.78 is 0. The minimum absolute atomic E-state index is 0.0546. The van der Waals surface area contributed by atoms with Crippen LogP contribution < -0.4 is 20.6 Å². The topological polar surface area (TPSA) is 6.48 Å². The number of hydrogen-bond acceptors (Lipinski definition) is 2. The summed E-state index contributed by atoms with van der Waals surface area (Å²) in [6.45, 7) is 9.77. The number of hydrogen-bond donors (Lipinski definition) is 0. The third kappa shape index (κ3) is 5.14. The van der Waals surface area contributed by atoms with Gasteiger partial charge >= 0.3 is 6.85 Å². The normalized spacial score (nSPS) is 16.0. The molecule has 288 valence electrons. The highest BCUT2D eigenvalue weighted by atomic mass is 15.2. The van der Waals surface area contributed by atoms with E-state index in [4.69, 9.17) is 0 Å². The maximum absolute atomic E-state index is 2.69. The Morgan fingerprint density at radius 2 is 1.10 bits per heavy atom. The Labute approximate surface area is 354 Å². The van der Waals surface area contributed by atoms with Gasteiger partial charge in [-0.3, -0.25) is 0 Å². The summed E-state index contributed by atoms with van der Waals surface area (Å²) in [7, 11) is 0. The quantitative estimate of drug-likeness (QED) is 0.165. The Morgan fingerprint density at radius 3 is 1.82 bits per heavy atom. The highest BCUT2D eigenvalue weighted by Crippen LogP contribution is 2.57. The molecule has 0 radical (unpaired) electrons. The molecule has 8 aromatic carbocycles. The number of rotatable bonds is 4. The van der Waals surface area contributed by atoms with Crippen LogP contribution in [0, 0.1) is 0 Å². The molecule has 3 heterocycles. The molecule has 12 rings (SSSR count). The van der Waals surface area contributed by atoms with Gasteiger partial charge in [-0.1, -0.05) is 161 Å². The maximum Gasteiger partial charge on any atom is 0.333 e. The predicted octanol–water partition coefficient (Wildman–Crippen LogP) is 13.6. The van der Waals surface area contributed by atoms with E-state index in [-0.39, 0.29) is 17.7 Å². The Morgan fingerprint density at radius 1 is 0.467 bits per heavy atom. The maximum atomic E-state index is 2.69. The van der Waals surface area contributed by atoms with Crippen LogP contribution in [0.2, 0.25) is 0 Å². The lowest BCUT2D eigenvalue weighted by atomic mass is 9.42. The molecule has 0 bridgehead atoms. The van der Waals surface area contributed by atoms with Gasteiger partial charge in [0.25, 0.3) is 0 Å². The fourth-order valence-corrected chi connectivity index (χ4v) is 11.3. The third-order valence-electron chi connectivity index (χ3n) is 14.3. The number of anilines is 5. The van der Waals surface area contributed by atoms with Gasteiger partial charge in [0, 0.05) is 33.7 Å². The average molecular weight is 771 g/mol. The second-order valence-corrected chi connectivity index (χ2v) is 18.6. The van der Waals surface area contributed by atoms with E-state index in [1.165, 1.54) is 119 Å². The predicted molar refractivity (Wildman–Crippen MR) is 255 cm³/mol. The molecule has 2 nitrogen and oxygen atoms in total.